The number of carboxylic acid groups (broad SMARTS) is 1. The van der Waals surface area contributed by atoms with Crippen molar-refractivity contribution in [2.45, 2.75) is 57.8 Å². The lowest BCUT2D eigenvalue weighted by Crippen LogP contribution is -2.43. The predicted molar refractivity (Wildman–Crippen MR) is 86.9 cm³/mol. The Bertz CT molecular complexity index is 511. The summed E-state index contributed by atoms with van der Waals surface area (Å²) in [6, 6.07) is 9.43. The zero-order valence-electron chi connectivity index (χ0n) is 13.6. The Balaban J connectivity index is 2.05. The molecule has 0 bridgehead atoms. The molecule has 0 radical (unpaired) electrons. The number of benzene rings is 1. The van der Waals surface area contributed by atoms with E-state index >= 15 is 0 Å². The Hall–Kier alpha value is -1.88. The molecule has 1 N–H and O–H groups in total. The van der Waals surface area contributed by atoms with Crippen molar-refractivity contribution in [1.29, 1.82) is 0 Å². The van der Waals surface area contributed by atoms with Crippen molar-refractivity contribution in [3.8, 4) is 0 Å². The monoisotopic (exact) mass is 319 g/mol. The molecule has 1 aromatic rings. The minimum absolute atomic E-state index is 0.132. The van der Waals surface area contributed by atoms with E-state index in [1.54, 1.807) is 0 Å². The lowest BCUT2D eigenvalue weighted by atomic mass is 10.1. The van der Waals surface area contributed by atoms with Gasteiger partial charge < -0.3 is 14.7 Å². The Morgan fingerprint density at radius 1 is 1.26 bits per heavy atom. The lowest BCUT2D eigenvalue weighted by Gasteiger charge is -2.27. The molecule has 1 saturated carbocycles. The lowest BCUT2D eigenvalue weighted by molar-refractivity contribution is -0.154. The van der Waals surface area contributed by atoms with E-state index in [2.05, 4.69) is 0 Å². The third-order valence-electron chi connectivity index (χ3n) is 4.16. The fraction of sp³-hybridized carbons (Fsp3) is 0.556. The van der Waals surface area contributed by atoms with Gasteiger partial charge in [0.15, 0.2) is 0 Å². The van der Waals surface area contributed by atoms with Gasteiger partial charge in [-0.05, 0) is 24.8 Å². The first-order valence-corrected chi connectivity index (χ1v) is 8.30. The first kappa shape index (κ1) is 17.5. The van der Waals surface area contributed by atoms with Gasteiger partial charge in [-0.3, -0.25) is 9.59 Å². The average Bonchev–Trinajstić information content (AvgIpc) is 3.05. The molecule has 0 aliphatic heterocycles. The van der Waals surface area contributed by atoms with Gasteiger partial charge in [-0.1, -0.05) is 50.1 Å². The summed E-state index contributed by atoms with van der Waals surface area (Å²) >= 11 is 0. The van der Waals surface area contributed by atoms with Gasteiger partial charge in [-0.2, -0.15) is 0 Å². The molecule has 1 amide bonds. The largest absolute Gasteiger partial charge is 0.480 e. The molecule has 1 aliphatic carbocycles. The molecule has 2 rings (SSSR count). The quantitative estimate of drug-likeness (QED) is 0.800. The number of carboxylic acids is 1. The fourth-order valence-electron chi connectivity index (χ4n) is 2.97. The van der Waals surface area contributed by atoms with Crippen molar-refractivity contribution in [2.75, 3.05) is 6.54 Å². The number of nitrogens with zero attached hydrogens (tertiary/aromatic N) is 1. The highest BCUT2D eigenvalue weighted by Gasteiger charge is 2.29. The van der Waals surface area contributed by atoms with Crippen LogP contribution in [0.4, 0.5) is 0 Å². The van der Waals surface area contributed by atoms with Gasteiger partial charge in [0.25, 0.3) is 5.91 Å². The minimum Gasteiger partial charge on any atom is -0.480 e. The van der Waals surface area contributed by atoms with Gasteiger partial charge in [0.1, 0.15) is 12.6 Å². The second-order valence-electron chi connectivity index (χ2n) is 6.01. The second-order valence-corrected chi connectivity index (χ2v) is 6.01. The highest BCUT2D eigenvalue weighted by molar-refractivity contribution is 5.84. The maximum absolute atomic E-state index is 12.7. The number of carbonyl (C=O) groups excluding carboxylic acids is 1. The molecule has 1 unspecified atom stereocenters. The summed E-state index contributed by atoms with van der Waals surface area (Å²) < 4.78 is 5.94. The normalized spacial score (nSPS) is 16.2. The number of amides is 1. The van der Waals surface area contributed by atoms with E-state index in [9.17, 15) is 9.59 Å². The highest BCUT2D eigenvalue weighted by Crippen LogP contribution is 2.23. The van der Waals surface area contributed by atoms with Crippen LogP contribution in [0.5, 0.6) is 0 Å². The molecule has 0 heterocycles. The predicted octanol–water partition coefficient (Wildman–Crippen LogP) is 2.84. The van der Waals surface area contributed by atoms with Gasteiger partial charge in [0.2, 0.25) is 0 Å². The zero-order valence-corrected chi connectivity index (χ0v) is 13.6. The van der Waals surface area contributed by atoms with Crippen molar-refractivity contribution < 1.29 is 19.4 Å². The van der Waals surface area contributed by atoms with Crippen LogP contribution < -0.4 is 0 Å². The molecule has 126 valence electrons. The number of hydrogen-bond donors (Lipinski definition) is 1. The molecule has 5 nitrogen and oxygen atoms in total. The van der Waals surface area contributed by atoms with E-state index in [0.29, 0.717) is 6.42 Å². The van der Waals surface area contributed by atoms with E-state index in [0.717, 1.165) is 31.2 Å². The molecule has 5 heteroatoms. The summed E-state index contributed by atoms with van der Waals surface area (Å²) in [5, 5.41) is 9.11. The molecule has 0 aromatic heterocycles. The van der Waals surface area contributed by atoms with Gasteiger partial charge in [-0.25, -0.2) is 0 Å². The van der Waals surface area contributed by atoms with Gasteiger partial charge >= 0.3 is 5.97 Å². The van der Waals surface area contributed by atoms with Crippen LogP contribution in [0, 0.1) is 0 Å². The van der Waals surface area contributed by atoms with Crippen molar-refractivity contribution in [3.63, 3.8) is 0 Å². The van der Waals surface area contributed by atoms with E-state index < -0.39 is 12.1 Å². The number of hydrogen-bond acceptors (Lipinski definition) is 3. The molecular weight excluding hydrogens is 294 g/mol. The summed E-state index contributed by atoms with van der Waals surface area (Å²) in [4.78, 5) is 25.2. The third kappa shape index (κ3) is 5.36. The van der Waals surface area contributed by atoms with Crippen LogP contribution in [0.3, 0.4) is 0 Å². The SMILES string of the molecule is CCC(OC1CCCC1)C(=O)N(CC(=O)O)Cc1ccccc1. The smallest absolute Gasteiger partial charge is 0.323 e. The number of aliphatic carboxylic acids is 1. The summed E-state index contributed by atoms with van der Waals surface area (Å²) in [6.07, 6.45) is 4.38. The number of ether oxygens (including phenoxy) is 1. The van der Waals surface area contributed by atoms with Crippen LogP contribution in [0.2, 0.25) is 0 Å². The highest BCUT2D eigenvalue weighted by atomic mass is 16.5. The summed E-state index contributed by atoms with van der Waals surface area (Å²) in [5.41, 5.74) is 0.915. The summed E-state index contributed by atoms with van der Waals surface area (Å²) in [7, 11) is 0. The molecule has 0 saturated heterocycles. The van der Waals surface area contributed by atoms with Crippen LogP contribution in [-0.4, -0.2) is 40.6 Å². The number of carbonyl (C=O) groups is 2. The van der Waals surface area contributed by atoms with Crippen LogP contribution in [0.15, 0.2) is 30.3 Å². The summed E-state index contributed by atoms with van der Waals surface area (Å²) in [5.74, 6) is -1.24. The Labute approximate surface area is 137 Å². The van der Waals surface area contributed by atoms with E-state index in [4.69, 9.17) is 9.84 Å². The molecular formula is C18H25NO4. The van der Waals surface area contributed by atoms with Crippen molar-refractivity contribution in [1.82, 2.24) is 4.90 Å². The Morgan fingerprint density at radius 2 is 1.91 bits per heavy atom. The topological polar surface area (TPSA) is 66.8 Å². The van der Waals surface area contributed by atoms with E-state index in [-0.39, 0.29) is 25.1 Å². The average molecular weight is 319 g/mol. The Kier molecular flexibility index (Phi) is 6.59. The van der Waals surface area contributed by atoms with Crippen LogP contribution in [0.25, 0.3) is 0 Å². The number of rotatable bonds is 8. The standard InChI is InChI=1S/C18H25NO4/c1-2-16(23-15-10-6-7-11-15)18(22)19(13-17(20)21)12-14-8-4-3-5-9-14/h3-5,8-9,15-16H,2,6-7,10-13H2,1H3,(H,20,21). The molecule has 0 spiro atoms. The molecule has 1 aromatic carbocycles. The maximum Gasteiger partial charge on any atom is 0.323 e. The first-order valence-electron chi connectivity index (χ1n) is 8.30. The van der Waals surface area contributed by atoms with Crippen molar-refractivity contribution in [2.24, 2.45) is 0 Å². The van der Waals surface area contributed by atoms with Crippen LogP contribution in [0.1, 0.15) is 44.6 Å². The fourth-order valence-corrected chi connectivity index (χ4v) is 2.97. The molecule has 1 atom stereocenters. The van der Waals surface area contributed by atoms with Gasteiger partial charge in [-0.15, -0.1) is 0 Å². The van der Waals surface area contributed by atoms with Crippen molar-refractivity contribution in [3.05, 3.63) is 35.9 Å². The second kappa shape index (κ2) is 8.67. The van der Waals surface area contributed by atoms with E-state index in [1.165, 1.54) is 4.90 Å². The minimum atomic E-state index is -1.01. The van der Waals surface area contributed by atoms with Crippen molar-refractivity contribution >= 4 is 11.9 Å². The maximum atomic E-state index is 12.7. The van der Waals surface area contributed by atoms with E-state index in [1.807, 2.05) is 37.3 Å². The Morgan fingerprint density at radius 3 is 2.48 bits per heavy atom. The first-order chi connectivity index (χ1) is 11.1. The zero-order chi connectivity index (χ0) is 16.7. The molecule has 1 aliphatic rings. The summed E-state index contributed by atoms with van der Waals surface area (Å²) in [6.45, 7) is 1.88. The van der Waals surface area contributed by atoms with Crippen LogP contribution >= 0.6 is 0 Å². The van der Waals surface area contributed by atoms with Gasteiger partial charge in [0, 0.05) is 6.54 Å². The van der Waals surface area contributed by atoms with Crippen LogP contribution in [-0.2, 0) is 20.9 Å². The van der Waals surface area contributed by atoms with Gasteiger partial charge in [0.05, 0.1) is 6.10 Å². The third-order valence-corrected chi connectivity index (χ3v) is 4.16. The molecule has 1 fully saturated rings. The molecule has 23 heavy (non-hydrogen) atoms.